The van der Waals surface area contributed by atoms with Crippen molar-refractivity contribution in [3.63, 3.8) is 0 Å². The number of aliphatic hydroxyl groups is 2. The average molecular weight is 268 g/mol. The number of aldehydes is 1. The maximum atomic E-state index is 9.63. The zero-order valence-electron chi connectivity index (χ0n) is 7.07. The molecule has 0 aliphatic carbocycles. The zero-order valence-corrected chi connectivity index (χ0v) is 8.86. The molecule has 0 spiro atoms. The predicted molar refractivity (Wildman–Crippen MR) is 44.3 cm³/mol. The zero-order chi connectivity index (χ0) is 12.7. The molecule has 6 N–H and O–H groups in total. The van der Waals surface area contributed by atoms with E-state index in [0.717, 1.165) is 0 Å². The van der Waals surface area contributed by atoms with E-state index in [1.807, 2.05) is 0 Å². The highest BCUT2D eigenvalue weighted by Crippen LogP contribution is 2.53. The Bertz CT molecular complexity index is 242. The number of carbonyl (C=O) groups is 1. The van der Waals surface area contributed by atoms with Crippen molar-refractivity contribution in [2.75, 3.05) is 6.61 Å². The predicted octanol–water partition coefficient (Wildman–Crippen LogP) is -2.27. The highest BCUT2D eigenvalue weighted by atomic mass is 31.3. The van der Waals surface area contributed by atoms with Gasteiger partial charge in [-0.15, -0.1) is 0 Å². The van der Waals surface area contributed by atoms with E-state index in [9.17, 15) is 13.9 Å². The van der Waals surface area contributed by atoms with Crippen LogP contribution in [0.4, 0.5) is 0 Å². The van der Waals surface area contributed by atoms with E-state index < -0.39 is 28.4 Å². The Balaban J connectivity index is 0. The maximum Gasteiger partial charge on any atom is 0.478 e. The summed E-state index contributed by atoms with van der Waals surface area (Å²) >= 11 is 0. The normalized spacial score (nSPS) is 13.7. The molecule has 0 aromatic rings. The van der Waals surface area contributed by atoms with E-state index in [-0.39, 0.29) is 6.29 Å². The Morgan fingerprint density at radius 1 is 1.13 bits per heavy atom. The lowest BCUT2D eigenvalue weighted by atomic mass is 10.4. The Kier molecular flexibility index (Phi) is 8.25. The molecule has 0 aliphatic rings. The molecule has 0 aromatic heterocycles. The van der Waals surface area contributed by atoms with Gasteiger partial charge in [-0.2, -0.15) is 4.31 Å². The molecular weight excluding hydrogens is 258 g/mol. The molecule has 12 heteroatoms. The van der Waals surface area contributed by atoms with Crippen LogP contribution < -0.4 is 0 Å². The lowest BCUT2D eigenvalue weighted by Gasteiger charge is -2.03. The summed E-state index contributed by atoms with van der Waals surface area (Å²) in [6.07, 6.45) is -0.912. The fraction of sp³-hybridized carbons (Fsp3) is 0.667. The molecule has 0 radical (unpaired) electrons. The number of rotatable bonds is 4. The molecule has 1 atom stereocenters. The second-order valence-electron chi connectivity index (χ2n) is 1.95. The summed E-state index contributed by atoms with van der Waals surface area (Å²) in [5.74, 6) is 0. The second-order valence-corrected chi connectivity index (χ2v) is 4.56. The molecule has 0 aliphatic heterocycles. The van der Waals surface area contributed by atoms with Crippen LogP contribution in [0.2, 0.25) is 0 Å². The van der Waals surface area contributed by atoms with Crippen LogP contribution in [0.3, 0.4) is 0 Å². The van der Waals surface area contributed by atoms with E-state index in [1.165, 1.54) is 0 Å². The van der Waals surface area contributed by atoms with Gasteiger partial charge in [0.1, 0.15) is 6.10 Å². The van der Waals surface area contributed by atoms with Gasteiger partial charge in [-0.25, -0.2) is 9.13 Å². The highest BCUT2D eigenvalue weighted by molar-refractivity contribution is 7.60. The third-order valence-corrected chi connectivity index (χ3v) is 2.26. The largest absolute Gasteiger partial charge is 0.478 e. The first-order valence-corrected chi connectivity index (χ1v) is 6.14. The van der Waals surface area contributed by atoms with Crippen LogP contribution >= 0.6 is 15.6 Å². The third kappa shape index (κ3) is 20.0. The quantitative estimate of drug-likeness (QED) is 0.240. The van der Waals surface area contributed by atoms with Gasteiger partial charge >= 0.3 is 15.6 Å². The number of hydrogen-bond donors (Lipinski definition) is 6. The SMILES string of the molecule is O=CC(O)CO.O=P(O)(O)OP(=O)(O)O. The van der Waals surface area contributed by atoms with Crippen LogP contribution in [-0.4, -0.2) is 48.8 Å². The molecular formula is C3H10O10P2. The van der Waals surface area contributed by atoms with Crippen molar-refractivity contribution in [3.05, 3.63) is 0 Å². The monoisotopic (exact) mass is 268 g/mol. The van der Waals surface area contributed by atoms with Gasteiger partial charge < -0.3 is 34.6 Å². The number of phosphoric acid groups is 2. The Labute approximate surface area is 83.6 Å². The molecule has 0 saturated carbocycles. The van der Waals surface area contributed by atoms with Gasteiger partial charge in [0.15, 0.2) is 6.29 Å². The van der Waals surface area contributed by atoms with E-state index in [0.29, 0.717) is 0 Å². The van der Waals surface area contributed by atoms with Crippen molar-refractivity contribution in [2.45, 2.75) is 6.10 Å². The molecule has 0 saturated heterocycles. The van der Waals surface area contributed by atoms with E-state index in [1.54, 1.807) is 0 Å². The van der Waals surface area contributed by atoms with Gasteiger partial charge in [0, 0.05) is 0 Å². The smallest absolute Gasteiger partial charge is 0.393 e. The molecule has 10 nitrogen and oxygen atoms in total. The minimum Gasteiger partial charge on any atom is -0.393 e. The van der Waals surface area contributed by atoms with Crippen LogP contribution in [0.15, 0.2) is 0 Å². The van der Waals surface area contributed by atoms with Crippen molar-refractivity contribution >= 4 is 21.9 Å². The summed E-state index contributed by atoms with van der Waals surface area (Å²) in [5, 5.41) is 15.9. The van der Waals surface area contributed by atoms with Crippen LogP contribution in [0, 0.1) is 0 Å². The summed E-state index contributed by atoms with van der Waals surface area (Å²) in [6, 6.07) is 0. The van der Waals surface area contributed by atoms with Gasteiger partial charge in [0.25, 0.3) is 0 Å². The topological polar surface area (TPSA) is 182 Å². The minimum atomic E-state index is -5.05. The fourth-order valence-corrected chi connectivity index (χ4v) is 1.29. The molecule has 0 bridgehead atoms. The first-order chi connectivity index (χ1) is 6.52. The van der Waals surface area contributed by atoms with Gasteiger partial charge in [-0.3, -0.25) is 0 Å². The maximum absolute atomic E-state index is 9.63. The van der Waals surface area contributed by atoms with Gasteiger partial charge in [0.2, 0.25) is 0 Å². The molecule has 0 amide bonds. The summed E-state index contributed by atoms with van der Waals surface area (Å²) in [5.41, 5.74) is 0. The minimum absolute atomic E-state index is 0.278. The van der Waals surface area contributed by atoms with Crippen molar-refractivity contribution in [2.24, 2.45) is 0 Å². The van der Waals surface area contributed by atoms with E-state index >= 15 is 0 Å². The first kappa shape index (κ1) is 17.3. The van der Waals surface area contributed by atoms with Gasteiger partial charge in [-0.1, -0.05) is 0 Å². The lowest BCUT2D eigenvalue weighted by molar-refractivity contribution is -0.116. The molecule has 1 unspecified atom stereocenters. The molecule has 0 heterocycles. The first-order valence-electron chi connectivity index (χ1n) is 3.08. The summed E-state index contributed by atoms with van der Waals surface area (Å²) in [4.78, 5) is 40.3. The molecule has 0 fully saturated rings. The molecule has 92 valence electrons. The summed E-state index contributed by atoms with van der Waals surface area (Å²) in [7, 11) is -10.1. The number of hydrogen-bond acceptors (Lipinski definition) is 6. The Morgan fingerprint density at radius 3 is 1.47 bits per heavy atom. The second kappa shape index (κ2) is 7.18. The molecule has 0 rings (SSSR count). The van der Waals surface area contributed by atoms with Gasteiger partial charge in [-0.05, 0) is 0 Å². The Hall–Kier alpha value is -0.150. The van der Waals surface area contributed by atoms with Crippen molar-refractivity contribution < 1.29 is 48.0 Å². The average Bonchev–Trinajstić information content (AvgIpc) is 1.97. The molecule has 15 heavy (non-hydrogen) atoms. The van der Waals surface area contributed by atoms with Crippen LogP contribution in [0.5, 0.6) is 0 Å². The molecule has 0 aromatic carbocycles. The van der Waals surface area contributed by atoms with Crippen LogP contribution in [0.25, 0.3) is 0 Å². The van der Waals surface area contributed by atoms with Gasteiger partial charge in [0.05, 0.1) is 6.61 Å². The lowest BCUT2D eigenvalue weighted by Crippen LogP contribution is -2.12. The van der Waals surface area contributed by atoms with Crippen LogP contribution in [0.1, 0.15) is 0 Å². The standard InChI is InChI=1S/C3H6O3.H4O7P2/c4-1-3(6)2-5;1-8(2,3)7-9(4,5)6/h1,3,5-6H,2H2;(H2,1,2,3)(H2,4,5,6). The van der Waals surface area contributed by atoms with E-state index in [2.05, 4.69) is 4.31 Å². The summed E-state index contributed by atoms with van der Waals surface area (Å²) in [6.45, 7) is -0.483. The van der Waals surface area contributed by atoms with Crippen molar-refractivity contribution in [1.29, 1.82) is 0 Å². The van der Waals surface area contributed by atoms with E-state index in [4.69, 9.17) is 29.8 Å². The van der Waals surface area contributed by atoms with Crippen LogP contribution in [-0.2, 0) is 18.2 Å². The Morgan fingerprint density at radius 2 is 1.47 bits per heavy atom. The number of aliphatic hydroxyl groups excluding tert-OH is 2. The highest BCUT2D eigenvalue weighted by Gasteiger charge is 2.27. The van der Waals surface area contributed by atoms with Crippen molar-refractivity contribution in [3.8, 4) is 0 Å². The fourth-order valence-electron chi connectivity index (χ4n) is 0.182. The summed E-state index contributed by atoms with van der Waals surface area (Å²) < 4.78 is 22.2. The van der Waals surface area contributed by atoms with Crippen molar-refractivity contribution in [1.82, 2.24) is 0 Å². The number of carbonyl (C=O) groups excluding carboxylic acids is 1. The third-order valence-electron chi connectivity index (χ3n) is 0.557.